The molecular formula is C18H26N3+. The second-order valence-corrected chi connectivity index (χ2v) is 5.78. The van der Waals surface area contributed by atoms with Crippen LogP contribution in [-0.4, -0.2) is 40.1 Å². The molecule has 0 bridgehead atoms. The average Bonchev–Trinajstić information content (AvgIpc) is 2.48. The minimum atomic E-state index is 0.989. The topological polar surface area (TPSA) is 23.1 Å². The number of quaternary nitrogens is 1. The molecule has 3 heteroatoms. The summed E-state index contributed by atoms with van der Waals surface area (Å²) in [4.78, 5) is 4.28. The maximum Gasteiger partial charge on any atom is 0.138 e. The molecule has 112 valence electrons. The molecule has 0 fully saturated rings. The van der Waals surface area contributed by atoms with Crippen molar-refractivity contribution in [1.29, 1.82) is 0 Å². The highest BCUT2D eigenvalue weighted by Gasteiger charge is 2.08. The first-order valence-corrected chi connectivity index (χ1v) is 7.38. The van der Waals surface area contributed by atoms with E-state index < -0.39 is 0 Å². The normalized spacial score (nSPS) is 16.0. The van der Waals surface area contributed by atoms with E-state index in [-0.39, 0.29) is 0 Å². The molecule has 0 heterocycles. The van der Waals surface area contributed by atoms with Crippen molar-refractivity contribution >= 4 is 17.5 Å². The molecule has 0 saturated carbocycles. The highest BCUT2D eigenvalue weighted by Crippen LogP contribution is 2.24. The minimum absolute atomic E-state index is 0.989. The zero-order chi connectivity index (χ0) is 15.4. The minimum Gasteiger partial charge on any atom is -0.378 e. The summed E-state index contributed by atoms with van der Waals surface area (Å²) in [7, 11) is 10.4. The van der Waals surface area contributed by atoms with Crippen molar-refractivity contribution < 1.29 is 5.32 Å². The molecule has 1 aliphatic rings. The third-order valence-electron chi connectivity index (χ3n) is 3.77. The maximum atomic E-state index is 2.29. The number of benzene rings is 1. The first-order valence-electron chi connectivity index (χ1n) is 7.38. The first-order chi connectivity index (χ1) is 10.0. The Balaban J connectivity index is 2.24. The molecule has 2 N–H and O–H groups in total. The number of nitrogens with two attached hydrogens (primary N) is 1. The first kappa shape index (κ1) is 15.4. The van der Waals surface area contributed by atoms with Gasteiger partial charge in [0.05, 0.1) is 7.05 Å². The van der Waals surface area contributed by atoms with Crippen LogP contribution in [0.25, 0.3) is 6.08 Å². The van der Waals surface area contributed by atoms with E-state index in [1.54, 1.807) is 0 Å². The Bertz CT molecular complexity index is 592. The van der Waals surface area contributed by atoms with Crippen molar-refractivity contribution in [2.24, 2.45) is 0 Å². The van der Waals surface area contributed by atoms with Crippen LogP contribution in [-0.2, 0) is 0 Å². The van der Waals surface area contributed by atoms with Crippen LogP contribution in [0, 0.1) is 0 Å². The summed E-state index contributed by atoms with van der Waals surface area (Å²) < 4.78 is 0. The van der Waals surface area contributed by atoms with E-state index in [1.807, 2.05) is 0 Å². The molecule has 3 nitrogen and oxygen atoms in total. The second-order valence-electron chi connectivity index (χ2n) is 5.78. The Morgan fingerprint density at radius 2 is 1.81 bits per heavy atom. The molecule has 2 rings (SSSR count). The van der Waals surface area contributed by atoms with Gasteiger partial charge in [-0.3, -0.25) is 0 Å². The molecule has 1 aromatic rings. The molecule has 0 amide bonds. The van der Waals surface area contributed by atoms with Crippen molar-refractivity contribution in [2.75, 3.05) is 40.1 Å². The molecule has 0 radical (unpaired) electrons. The van der Waals surface area contributed by atoms with E-state index in [4.69, 9.17) is 0 Å². The summed E-state index contributed by atoms with van der Waals surface area (Å²) in [6.07, 6.45) is 9.94. The quantitative estimate of drug-likeness (QED) is 0.858. The van der Waals surface area contributed by atoms with Crippen LogP contribution in [0.3, 0.4) is 0 Å². The fourth-order valence-corrected chi connectivity index (χ4v) is 2.41. The Labute approximate surface area is 128 Å². The van der Waals surface area contributed by atoms with Gasteiger partial charge in [0, 0.05) is 51.2 Å². The molecule has 0 saturated heterocycles. The van der Waals surface area contributed by atoms with E-state index in [0.29, 0.717) is 0 Å². The van der Waals surface area contributed by atoms with Gasteiger partial charge in [0.25, 0.3) is 0 Å². The van der Waals surface area contributed by atoms with Crippen molar-refractivity contribution in [3.63, 3.8) is 0 Å². The summed E-state index contributed by atoms with van der Waals surface area (Å²) in [6.45, 7) is 0. The fraction of sp³-hybridized carbons (Fsp3) is 0.333. The summed E-state index contributed by atoms with van der Waals surface area (Å²) in [5.41, 5.74) is 6.42. The standard InChI is InChI=1S/C18H25N3/c1-19-18-13-17(21(4)5)11-8-15(18)12-14-6-9-16(10-7-14)20(2)3/h6,8-13,19H,7H2,1-5H3/p+1/b14-12-. The number of nitrogens with zero attached hydrogens (tertiary/aromatic N) is 2. The number of hydrogen-bond acceptors (Lipinski definition) is 2. The van der Waals surface area contributed by atoms with Gasteiger partial charge >= 0.3 is 0 Å². The lowest BCUT2D eigenvalue weighted by atomic mass is 10.0. The van der Waals surface area contributed by atoms with Crippen molar-refractivity contribution in [2.45, 2.75) is 6.42 Å². The lowest BCUT2D eigenvalue weighted by Gasteiger charge is -2.17. The fourth-order valence-electron chi connectivity index (χ4n) is 2.41. The largest absolute Gasteiger partial charge is 0.378 e. The molecule has 21 heavy (non-hydrogen) atoms. The number of likely N-dealkylation sites (N-methyl/N-ethyl adjacent to an activating group) is 1. The Hall–Kier alpha value is -2.00. The maximum absolute atomic E-state index is 2.29. The molecule has 1 aromatic carbocycles. The van der Waals surface area contributed by atoms with Crippen molar-refractivity contribution in [1.82, 2.24) is 4.90 Å². The predicted molar refractivity (Wildman–Crippen MR) is 91.8 cm³/mol. The highest BCUT2D eigenvalue weighted by atomic mass is 15.1. The van der Waals surface area contributed by atoms with Crippen molar-refractivity contribution in [3.8, 4) is 0 Å². The molecule has 0 unspecified atom stereocenters. The van der Waals surface area contributed by atoms with E-state index in [0.717, 1.165) is 6.42 Å². The van der Waals surface area contributed by atoms with Gasteiger partial charge in [0.2, 0.25) is 0 Å². The zero-order valence-electron chi connectivity index (χ0n) is 13.7. The average molecular weight is 284 g/mol. The van der Waals surface area contributed by atoms with Gasteiger partial charge < -0.3 is 15.1 Å². The number of hydrogen-bond donors (Lipinski definition) is 1. The van der Waals surface area contributed by atoms with Crippen LogP contribution in [0.2, 0.25) is 0 Å². The summed E-state index contributed by atoms with van der Waals surface area (Å²) in [6, 6.07) is 6.61. The Kier molecular flexibility index (Phi) is 4.86. The smallest absolute Gasteiger partial charge is 0.138 e. The Morgan fingerprint density at radius 3 is 2.33 bits per heavy atom. The van der Waals surface area contributed by atoms with Crippen LogP contribution in [0.15, 0.2) is 47.7 Å². The predicted octanol–water partition coefficient (Wildman–Crippen LogP) is 2.37. The molecule has 0 spiro atoms. The van der Waals surface area contributed by atoms with E-state index in [2.05, 4.69) is 92.9 Å². The Morgan fingerprint density at radius 1 is 1.05 bits per heavy atom. The van der Waals surface area contributed by atoms with Gasteiger partial charge in [-0.05, 0) is 36.3 Å². The highest BCUT2D eigenvalue weighted by molar-refractivity contribution is 5.69. The van der Waals surface area contributed by atoms with Crippen LogP contribution in [0.1, 0.15) is 12.0 Å². The number of rotatable bonds is 4. The van der Waals surface area contributed by atoms with E-state index in [1.165, 1.54) is 28.2 Å². The third-order valence-corrected chi connectivity index (χ3v) is 3.77. The van der Waals surface area contributed by atoms with Crippen LogP contribution in [0.4, 0.5) is 11.4 Å². The SMILES string of the molecule is C[NH2+]c1cc(N(C)C)ccc1/C=C1/C=CC(N(C)C)=CC1. The molecule has 0 atom stereocenters. The lowest BCUT2D eigenvalue weighted by molar-refractivity contribution is -0.539. The number of allylic oxidation sites excluding steroid dienone is 4. The van der Waals surface area contributed by atoms with Gasteiger partial charge in [-0.25, -0.2) is 0 Å². The molecular weight excluding hydrogens is 258 g/mol. The summed E-state index contributed by atoms with van der Waals surface area (Å²) >= 11 is 0. The molecule has 0 aliphatic heterocycles. The van der Waals surface area contributed by atoms with Crippen LogP contribution in [0.5, 0.6) is 0 Å². The van der Waals surface area contributed by atoms with Crippen molar-refractivity contribution in [3.05, 3.63) is 53.3 Å². The van der Waals surface area contributed by atoms with Gasteiger partial charge in [-0.1, -0.05) is 12.2 Å². The van der Waals surface area contributed by atoms with E-state index in [9.17, 15) is 0 Å². The summed E-state index contributed by atoms with van der Waals surface area (Å²) in [5, 5.41) is 2.17. The third kappa shape index (κ3) is 3.76. The van der Waals surface area contributed by atoms with Crippen LogP contribution < -0.4 is 10.2 Å². The zero-order valence-corrected chi connectivity index (χ0v) is 13.7. The second kappa shape index (κ2) is 6.64. The van der Waals surface area contributed by atoms with Gasteiger partial charge in [0.15, 0.2) is 0 Å². The summed E-state index contributed by atoms with van der Waals surface area (Å²) in [5.74, 6) is 0. The molecule has 0 aromatic heterocycles. The van der Waals surface area contributed by atoms with E-state index >= 15 is 0 Å². The lowest BCUT2D eigenvalue weighted by Crippen LogP contribution is -2.73. The van der Waals surface area contributed by atoms with Gasteiger partial charge in [-0.2, -0.15) is 0 Å². The van der Waals surface area contributed by atoms with Crippen LogP contribution >= 0.6 is 0 Å². The van der Waals surface area contributed by atoms with Gasteiger partial charge in [0.1, 0.15) is 5.69 Å². The molecule has 1 aliphatic carbocycles. The monoisotopic (exact) mass is 284 g/mol. The van der Waals surface area contributed by atoms with Gasteiger partial charge in [-0.15, -0.1) is 0 Å². The number of anilines is 1.